The first-order valence-electron chi connectivity index (χ1n) is 10.9. The van der Waals surface area contributed by atoms with E-state index in [1.807, 2.05) is 0 Å². The number of benzene rings is 1. The Hall–Kier alpha value is -1.10. The van der Waals surface area contributed by atoms with Gasteiger partial charge < -0.3 is 4.74 Å². The fourth-order valence-corrected chi connectivity index (χ4v) is 5.05. The molecule has 3 rings (SSSR count). The first-order valence-corrected chi connectivity index (χ1v) is 10.9. The maximum atomic E-state index is 15.2. The molecule has 0 spiro atoms. The second-order valence-corrected chi connectivity index (χ2v) is 8.61. The van der Waals surface area contributed by atoms with Gasteiger partial charge in [-0.25, -0.2) is 4.39 Å². The van der Waals surface area contributed by atoms with Crippen molar-refractivity contribution in [3.8, 4) is 0 Å². The van der Waals surface area contributed by atoms with Crippen LogP contribution in [0, 0.1) is 17.7 Å². The highest BCUT2D eigenvalue weighted by Gasteiger charge is 2.41. The number of alkyl halides is 3. The van der Waals surface area contributed by atoms with Gasteiger partial charge >= 0.3 is 6.18 Å². The van der Waals surface area contributed by atoms with Crippen molar-refractivity contribution in [3.05, 3.63) is 34.6 Å². The van der Waals surface area contributed by atoms with Gasteiger partial charge in [0.1, 0.15) is 5.82 Å². The van der Waals surface area contributed by atoms with Gasteiger partial charge in [0.25, 0.3) is 0 Å². The molecule has 1 saturated heterocycles. The van der Waals surface area contributed by atoms with E-state index in [4.69, 9.17) is 4.74 Å². The lowest BCUT2D eigenvalue weighted by Crippen LogP contribution is -2.24. The fourth-order valence-electron chi connectivity index (χ4n) is 5.05. The summed E-state index contributed by atoms with van der Waals surface area (Å²) in [5.41, 5.74) is -0.833. The minimum absolute atomic E-state index is 0.0771. The van der Waals surface area contributed by atoms with Crippen LogP contribution in [0.25, 0.3) is 0 Å². The highest BCUT2D eigenvalue weighted by Crippen LogP contribution is 2.45. The third-order valence-electron chi connectivity index (χ3n) is 6.77. The molecule has 1 aliphatic heterocycles. The van der Waals surface area contributed by atoms with Gasteiger partial charge in [0.05, 0.1) is 18.3 Å². The monoisotopic (exact) mass is 400 g/mol. The van der Waals surface area contributed by atoms with Crippen LogP contribution in [0.2, 0.25) is 0 Å². The molecule has 1 nitrogen and oxygen atoms in total. The standard InChI is InChI=1S/C23H32F4O/c1-3-5-16-8-13-20(28-14-16)19-12-11-18(21(22(19)24)23(25,26)27)17-9-6-15(4-2)7-10-17/h11-12,15-17,20H,3-10,13-14H2,1-2H3. The molecule has 0 N–H and O–H groups in total. The molecule has 1 heterocycles. The van der Waals surface area contributed by atoms with Gasteiger partial charge in [-0.2, -0.15) is 13.2 Å². The van der Waals surface area contributed by atoms with Crippen molar-refractivity contribution in [1.82, 2.24) is 0 Å². The minimum Gasteiger partial charge on any atom is -0.373 e. The number of hydrogen-bond donors (Lipinski definition) is 0. The van der Waals surface area contributed by atoms with Crippen LogP contribution < -0.4 is 0 Å². The molecule has 2 fully saturated rings. The third kappa shape index (κ3) is 4.72. The van der Waals surface area contributed by atoms with E-state index in [1.54, 1.807) is 6.07 Å². The molecule has 2 atom stereocenters. The molecule has 1 aliphatic carbocycles. The largest absolute Gasteiger partial charge is 0.419 e. The molecule has 2 aliphatic rings. The summed E-state index contributed by atoms with van der Waals surface area (Å²) in [7, 11) is 0. The summed E-state index contributed by atoms with van der Waals surface area (Å²) < 4.78 is 62.4. The van der Waals surface area contributed by atoms with E-state index in [1.165, 1.54) is 6.07 Å². The van der Waals surface area contributed by atoms with Gasteiger partial charge in [-0.1, -0.05) is 38.8 Å². The van der Waals surface area contributed by atoms with E-state index < -0.39 is 23.7 Å². The minimum atomic E-state index is -4.68. The lowest BCUT2D eigenvalue weighted by Gasteiger charge is -2.32. The number of hydrogen-bond acceptors (Lipinski definition) is 1. The van der Waals surface area contributed by atoms with E-state index in [0.717, 1.165) is 38.5 Å². The molecule has 5 heteroatoms. The van der Waals surface area contributed by atoms with Crippen LogP contribution >= 0.6 is 0 Å². The maximum absolute atomic E-state index is 15.2. The van der Waals surface area contributed by atoms with Crippen molar-refractivity contribution in [2.45, 2.75) is 89.8 Å². The van der Waals surface area contributed by atoms with Crippen LogP contribution in [0.4, 0.5) is 17.6 Å². The van der Waals surface area contributed by atoms with Crippen molar-refractivity contribution in [2.75, 3.05) is 6.61 Å². The Kier molecular flexibility index (Phi) is 7.06. The van der Waals surface area contributed by atoms with Crippen LogP contribution in [0.3, 0.4) is 0 Å². The maximum Gasteiger partial charge on any atom is 0.419 e. The Morgan fingerprint density at radius 1 is 0.929 bits per heavy atom. The molecule has 2 unspecified atom stereocenters. The molecule has 1 aromatic carbocycles. The molecule has 1 aromatic rings. The summed E-state index contributed by atoms with van der Waals surface area (Å²) >= 11 is 0. The highest BCUT2D eigenvalue weighted by atomic mass is 19.4. The van der Waals surface area contributed by atoms with Crippen molar-refractivity contribution in [2.24, 2.45) is 11.8 Å². The summed E-state index contributed by atoms with van der Waals surface area (Å²) in [4.78, 5) is 0. The zero-order chi connectivity index (χ0) is 20.3. The van der Waals surface area contributed by atoms with Gasteiger partial charge in [-0.15, -0.1) is 0 Å². The predicted octanol–water partition coefficient (Wildman–Crippen LogP) is 7.80. The first-order chi connectivity index (χ1) is 13.3. The predicted molar refractivity (Wildman–Crippen MR) is 103 cm³/mol. The zero-order valence-electron chi connectivity index (χ0n) is 17.0. The molecule has 28 heavy (non-hydrogen) atoms. The zero-order valence-corrected chi connectivity index (χ0v) is 17.0. The molecule has 0 radical (unpaired) electrons. The number of halogens is 4. The van der Waals surface area contributed by atoms with E-state index in [-0.39, 0.29) is 17.0 Å². The Balaban J connectivity index is 1.85. The number of rotatable bonds is 5. The normalized spacial score (nSPS) is 29.1. The number of ether oxygens (including phenoxy) is 1. The quantitative estimate of drug-likeness (QED) is 0.458. The summed E-state index contributed by atoms with van der Waals surface area (Å²) in [6, 6.07) is 3.08. The Labute approximate surface area is 165 Å². The lowest BCUT2D eigenvalue weighted by molar-refractivity contribution is -0.141. The fraction of sp³-hybridized carbons (Fsp3) is 0.739. The van der Waals surface area contributed by atoms with Crippen molar-refractivity contribution in [3.63, 3.8) is 0 Å². The molecule has 1 saturated carbocycles. The lowest BCUT2D eigenvalue weighted by atomic mass is 9.76. The summed E-state index contributed by atoms with van der Waals surface area (Å²) in [5, 5.41) is 0. The van der Waals surface area contributed by atoms with Crippen LogP contribution in [0.1, 0.15) is 100 Å². The smallest absolute Gasteiger partial charge is 0.373 e. The summed E-state index contributed by atoms with van der Waals surface area (Å²) in [5.74, 6) is -0.299. The molecule has 0 aromatic heterocycles. The second kappa shape index (κ2) is 9.15. The van der Waals surface area contributed by atoms with Crippen LogP contribution in [0.15, 0.2) is 12.1 Å². The van der Waals surface area contributed by atoms with Crippen molar-refractivity contribution in [1.29, 1.82) is 0 Å². The van der Waals surface area contributed by atoms with E-state index in [2.05, 4.69) is 13.8 Å². The molecule has 0 amide bonds. The Morgan fingerprint density at radius 2 is 1.57 bits per heavy atom. The van der Waals surface area contributed by atoms with Crippen molar-refractivity contribution < 1.29 is 22.3 Å². The topological polar surface area (TPSA) is 9.23 Å². The molecule has 0 bridgehead atoms. The summed E-state index contributed by atoms with van der Waals surface area (Å²) in [6.45, 7) is 4.73. The van der Waals surface area contributed by atoms with Gasteiger partial charge in [-0.3, -0.25) is 0 Å². The van der Waals surface area contributed by atoms with Crippen LogP contribution in [-0.2, 0) is 10.9 Å². The summed E-state index contributed by atoms with van der Waals surface area (Å²) in [6.07, 6.45) is 2.63. The SMILES string of the molecule is CCCC1CCC(c2ccc(C3CCC(CC)CC3)c(C(F)(F)F)c2F)OC1. The average Bonchev–Trinajstić information content (AvgIpc) is 2.68. The van der Waals surface area contributed by atoms with E-state index in [9.17, 15) is 13.2 Å². The van der Waals surface area contributed by atoms with Gasteiger partial charge in [-0.05, 0) is 68.3 Å². The van der Waals surface area contributed by atoms with E-state index >= 15 is 4.39 Å². The van der Waals surface area contributed by atoms with Gasteiger partial charge in [0.2, 0.25) is 0 Å². The van der Waals surface area contributed by atoms with Gasteiger partial charge in [0.15, 0.2) is 0 Å². The average molecular weight is 401 g/mol. The van der Waals surface area contributed by atoms with Crippen LogP contribution in [-0.4, -0.2) is 6.61 Å². The molecule has 158 valence electrons. The third-order valence-corrected chi connectivity index (χ3v) is 6.77. The first kappa shape index (κ1) is 21.6. The molecular formula is C23H32F4O. The highest BCUT2D eigenvalue weighted by molar-refractivity contribution is 5.39. The second-order valence-electron chi connectivity index (χ2n) is 8.61. The molecular weight excluding hydrogens is 368 g/mol. The Morgan fingerprint density at radius 3 is 2.11 bits per heavy atom. The van der Waals surface area contributed by atoms with Crippen LogP contribution in [0.5, 0.6) is 0 Å². The van der Waals surface area contributed by atoms with Crippen molar-refractivity contribution >= 4 is 0 Å². The Bertz CT molecular complexity index is 639. The van der Waals surface area contributed by atoms with E-state index in [0.29, 0.717) is 37.7 Å². The van der Waals surface area contributed by atoms with Gasteiger partial charge in [0, 0.05) is 5.56 Å².